The quantitative estimate of drug-likeness (QED) is 0.143. The van der Waals surface area contributed by atoms with Gasteiger partial charge in [0, 0.05) is 45.0 Å². The standard InChI is InChI=1S/C65H50N2/c1-64(2)59-30-18-16-28-55(59)56-41-36-48(44-61(56)64)65(3)60-31-19-17-29-57(60)63-58(46-34-39-54(40-35-46)67(51-24-12-6-13-25-51)52-26-14-7-15-27-52)42-47(43-62(63)65)45-32-37-53(38-33-45)66(49-20-8-4-9-21-49)50-22-10-5-11-23-50/h4-44H,1-3H3. The maximum atomic E-state index is 2.53. The third kappa shape index (κ3) is 6.63. The van der Waals surface area contributed by atoms with Crippen molar-refractivity contribution < 1.29 is 0 Å². The Morgan fingerprint density at radius 3 is 1.21 bits per heavy atom. The average molecular weight is 859 g/mol. The molecule has 2 aliphatic rings. The van der Waals surface area contributed by atoms with Crippen molar-refractivity contribution in [3.8, 4) is 44.5 Å². The second kappa shape index (κ2) is 16.0. The third-order valence-corrected chi connectivity index (χ3v) is 14.5. The van der Waals surface area contributed by atoms with E-state index in [0.717, 1.165) is 34.1 Å². The maximum Gasteiger partial charge on any atom is 0.0462 e. The van der Waals surface area contributed by atoms with Crippen LogP contribution in [0, 0.1) is 0 Å². The van der Waals surface area contributed by atoms with Gasteiger partial charge < -0.3 is 9.80 Å². The largest absolute Gasteiger partial charge is 0.311 e. The zero-order chi connectivity index (χ0) is 45.1. The lowest BCUT2D eigenvalue weighted by Crippen LogP contribution is -2.24. The summed E-state index contributed by atoms with van der Waals surface area (Å²) >= 11 is 0. The number of hydrogen-bond donors (Lipinski definition) is 0. The number of para-hydroxylation sites is 4. The number of benzene rings is 10. The van der Waals surface area contributed by atoms with E-state index in [-0.39, 0.29) is 5.41 Å². The van der Waals surface area contributed by atoms with E-state index >= 15 is 0 Å². The normalized spacial score (nSPS) is 15.0. The number of anilines is 6. The highest BCUT2D eigenvalue weighted by Crippen LogP contribution is 2.58. The van der Waals surface area contributed by atoms with Gasteiger partial charge in [0.1, 0.15) is 0 Å². The molecule has 0 aliphatic heterocycles. The number of hydrogen-bond acceptors (Lipinski definition) is 2. The summed E-state index contributed by atoms with van der Waals surface area (Å²) in [5, 5.41) is 0. The van der Waals surface area contributed by atoms with Crippen LogP contribution in [0.25, 0.3) is 44.5 Å². The molecule has 0 saturated heterocycles. The molecule has 0 N–H and O–H groups in total. The van der Waals surface area contributed by atoms with E-state index < -0.39 is 5.41 Å². The lowest BCUT2D eigenvalue weighted by molar-refractivity contribution is 0.652. The van der Waals surface area contributed by atoms with Crippen LogP contribution >= 0.6 is 0 Å². The van der Waals surface area contributed by atoms with Gasteiger partial charge >= 0.3 is 0 Å². The molecule has 10 aromatic carbocycles. The highest BCUT2D eigenvalue weighted by molar-refractivity contribution is 5.97. The number of nitrogens with zero attached hydrogens (tertiary/aromatic N) is 2. The molecule has 0 amide bonds. The smallest absolute Gasteiger partial charge is 0.0462 e. The highest BCUT2D eigenvalue weighted by Gasteiger charge is 2.44. The van der Waals surface area contributed by atoms with Crippen LogP contribution in [0.4, 0.5) is 34.1 Å². The molecule has 320 valence electrons. The van der Waals surface area contributed by atoms with Gasteiger partial charge in [0.25, 0.3) is 0 Å². The molecule has 0 spiro atoms. The summed E-state index contributed by atoms with van der Waals surface area (Å²) in [7, 11) is 0. The van der Waals surface area contributed by atoms with Crippen molar-refractivity contribution in [2.45, 2.75) is 31.6 Å². The Bertz CT molecular complexity index is 3330. The Hall–Kier alpha value is -8.20. The molecule has 0 fully saturated rings. The molecule has 2 aliphatic carbocycles. The zero-order valence-corrected chi connectivity index (χ0v) is 38.1. The van der Waals surface area contributed by atoms with E-state index in [9.17, 15) is 0 Å². The van der Waals surface area contributed by atoms with Gasteiger partial charge in [-0.05, 0) is 164 Å². The summed E-state index contributed by atoms with van der Waals surface area (Å²) in [5.74, 6) is 0. The summed E-state index contributed by atoms with van der Waals surface area (Å²) in [4.78, 5) is 4.66. The van der Waals surface area contributed by atoms with Crippen molar-refractivity contribution in [2.24, 2.45) is 0 Å². The van der Waals surface area contributed by atoms with Crippen molar-refractivity contribution in [3.05, 3.63) is 277 Å². The molecule has 0 radical (unpaired) electrons. The summed E-state index contributed by atoms with van der Waals surface area (Å²) in [5.41, 5.74) is 23.0. The van der Waals surface area contributed by atoms with Crippen molar-refractivity contribution >= 4 is 34.1 Å². The summed E-state index contributed by atoms with van der Waals surface area (Å²) in [6.07, 6.45) is 0. The summed E-state index contributed by atoms with van der Waals surface area (Å²) < 4.78 is 0. The van der Waals surface area contributed by atoms with Gasteiger partial charge in [0.15, 0.2) is 0 Å². The van der Waals surface area contributed by atoms with Crippen LogP contribution in [0.15, 0.2) is 249 Å². The van der Waals surface area contributed by atoms with Crippen molar-refractivity contribution in [3.63, 3.8) is 0 Å². The lowest BCUT2D eigenvalue weighted by Gasteiger charge is -2.31. The third-order valence-electron chi connectivity index (χ3n) is 14.5. The second-order valence-corrected chi connectivity index (χ2v) is 18.7. The second-order valence-electron chi connectivity index (χ2n) is 18.7. The van der Waals surface area contributed by atoms with Crippen molar-refractivity contribution in [1.29, 1.82) is 0 Å². The zero-order valence-electron chi connectivity index (χ0n) is 38.1. The van der Waals surface area contributed by atoms with Gasteiger partial charge in [-0.25, -0.2) is 0 Å². The minimum Gasteiger partial charge on any atom is -0.311 e. The van der Waals surface area contributed by atoms with Gasteiger partial charge in [0.2, 0.25) is 0 Å². The highest BCUT2D eigenvalue weighted by atomic mass is 15.1. The van der Waals surface area contributed by atoms with E-state index in [1.165, 1.54) is 72.3 Å². The van der Waals surface area contributed by atoms with Crippen molar-refractivity contribution in [1.82, 2.24) is 0 Å². The van der Waals surface area contributed by atoms with Crippen LogP contribution < -0.4 is 9.80 Å². The van der Waals surface area contributed by atoms with Gasteiger partial charge in [-0.2, -0.15) is 0 Å². The SMILES string of the molecule is CC1(C)c2ccccc2-c2ccc(C3(C)c4ccccc4-c4c(-c5ccc(N(c6ccccc6)c6ccccc6)cc5)cc(-c5ccc(N(c6ccccc6)c6ccccc6)cc5)cc43)cc21. The first kappa shape index (κ1) is 40.3. The van der Waals surface area contributed by atoms with E-state index in [1.54, 1.807) is 0 Å². The summed E-state index contributed by atoms with van der Waals surface area (Å²) in [6.45, 7) is 7.23. The van der Waals surface area contributed by atoms with Gasteiger partial charge in [-0.3, -0.25) is 0 Å². The minimum absolute atomic E-state index is 0.115. The fourth-order valence-corrected chi connectivity index (χ4v) is 11.1. The fraction of sp³-hybridized carbons (Fsp3) is 0.0769. The van der Waals surface area contributed by atoms with E-state index in [0.29, 0.717) is 0 Å². The molecule has 0 saturated carbocycles. The topological polar surface area (TPSA) is 6.48 Å². The van der Waals surface area contributed by atoms with Gasteiger partial charge in [0.05, 0.1) is 0 Å². The summed E-state index contributed by atoms with van der Waals surface area (Å²) in [6, 6.07) is 91.3. The maximum absolute atomic E-state index is 2.53. The molecule has 12 rings (SSSR count). The Kier molecular flexibility index (Phi) is 9.66. The molecule has 0 bridgehead atoms. The average Bonchev–Trinajstić information content (AvgIpc) is 3.79. The first-order chi connectivity index (χ1) is 32.9. The predicted octanol–water partition coefficient (Wildman–Crippen LogP) is 17.6. The van der Waals surface area contributed by atoms with Crippen LogP contribution in [-0.4, -0.2) is 0 Å². The first-order valence-corrected chi connectivity index (χ1v) is 23.4. The molecule has 1 unspecified atom stereocenters. The molecule has 2 heteroatoms. The van der Waals surface area contributed by atoms with Gasteiger partial charge in [-0.15, -0.1) is 0 Å². The van der Waals surface area contributed by atoms with Crippen LogP contribution in [0.3, 0.4) is 0 Å². The predicted molar refractivity (Wildman–Crippen MR) is 282 cm³/mol. The lowest BCUT2D eigenvalue weighted by atomic mass is 9.71. The molecular weight excluding hydrogens is 809 g/mol. The minimum atomic E-state index is -0.425. The number of rotatable bonds is 9. The molecule has 1 atom stereocenters. The van der Waals surface area contributed by atoms with E-state index in [2.05, 4.69) is 279 Å². The van der Waals surface area contributed by atoms with Crippen molar-refractivity contribution in [2.75, 3.05) is 9.80 Å². The molecule has 0 heterocycles. The van der Waals surface area contributed by atoms with E-state index in [1.807, 2.05) is 0 Å². The fourth-order valence-electron chi connectivity index (χ4n) is 11.1. The van der Waals surface area contributed by atoms with Gasteiger partial charge in [-0.1, -0.05) is 178 Å². The molecule has 67 heavy (non-hydrogen) atoms. The Balaban J connectivity index is 1.04. The van der Waals surface area contributed by atoms with Crippen LogP contribution in [0.1, 0.15) is 48.6 Å². The Morgan fingerprint density at radius 2 is 0.687 bits per heavy atom. The monoisotopic (exact) mass is 858 g/mol. The Labute approximate surface area is 394 Å². The molecule has 2 nitrogen and oxygen atoms in total. The van der Waals surface area contributed by atoms with Crippen LogP contribution in [0.2, 0.25) is 0 Å². The Morgan fingerprint density at radius 1 is 0.269 bits per heavy atom. The molecule has 0 aromatic heterocycles. The van der Waals surface area contributed by atoms with E-state index in [4.69, 9.17) is 0 Å². The van der Waals surface area contributed by atoms with Crippen LogP contribution in [-0.2, 0) is 10.8 Å². The number of fused-ring (bicyclic) bond motifs is 6. The van der Waals surface area contributed by atoms with Crippen LogP contribution in [0.5, 0.6) is 0 Å². The first-order valence-electron chi connectivity index (χ1n) is 23.4. The molecule has 10 aromatic rings. The molecular formula is C65H50N2.